The van der Waals surface area contributed by atoms with E-state index in [1.54, 1.807) is 0 Å². The zero-order valence-electron chi connectivity index (χ0n) is 39.5. The molecule has 0 N–H and O–H groups in total. The minimum Gasteiger partial charge on any atom is -0.310 e. The molecule has 10 aromatic carbocycles. The highest BCUT2D eigenvalue weighted by molar-refractivity contribution is 7.26. The molecule has 1 aromatic heterocycles. The van der Waals surface area contributed by atoms with Crippen molar-refractivity contribution in [1.82, 2.24) is 0 Å². The predicted octanol–water partition coefficient (Wildman–Crippen LogP) is 17.0. The average molecular weight is 838 g/mol. The van der Waals surface area contributed by atoms with Gasteiger partial charge in [-0.1, -0.05) is 176 Å². The van der Waals surface area contributed by atoms with Crippen LogP contribution in [0.2, 0.25) is 0 Å². The van der Waals surface area contributed by atoms with Crippen LogP contribution >= 0.6 is 11.3 Å². The predicted molar refractivity (Wildman–Crippen MR) is 270 cm³/mol. The Morgan fingerprint density at radius 2 is 0.891 bits per heavy atom. The quantitative estimate of drug-likeness (QED) is 0.158. The second kappa shape index (κ2) is 14.6. The Morgan fingerprint density at radius 3 is 1.59 bits per heavy atom. The highest BCUT2D eigenvalue weighted by Crippen LogP contribution is 2.64. The Balaban J connectivity index is 1.10. The second-order valence-electron chi connectivity index (χ2n) is 16.4. The van der Waals surface area contributed by atoms with E-state index in [0.29, 0.717) is 11.4 Å². The maximum absolute atomic E-state index is 9.22. The summed E-state index contributed by atoms with van der Waals surface area (Å²) in [6, 6.07) is 73.3. The van der Waals surface area contributed by atoms with Gasteiger partial charge in [0.15, 0.2) is 0 Å². The molecule has 2 aliphatic carbocycles. The maximum atomic E-state index is 9.22. The summed E-state index contributed by atoms with van der Waals surface area (Å²) in [4.78, 5) is 4.27. The van der Waals surface area contributed by atoms with Crippen LogP contribution in [0.5, 0.6) is 0 Å². The number of thiophene rings is 1. The second-order valence-corrected chi connectivity index (χ2v) is 17.5. The van der Waals surface area contributed by atoms with E-state index in [1.165, 1.54) is 20.2 Å². The Bertz CT molecular complexity index is 3850. The van der Waals surface area contributed by atoms with E-state index < -0.39 is 11.5 Å². The van der Waals surface area contributed by atoms with Gasteiger partial charge in [0.25, 0.3) is 0 Å². The topological polar surface area (TPSA) is 6.48 Å². The molecule has 1 unspecified atom stereocenters. The smallest absolute Gasteiger partial charge is 0.0727 e. The van der Waals surface area contributed by atoms with Gasteiger partial charge in [-0.05, 0) is 117 Å². The van der Waals surface area contributed by atoms with Crippen LogP contribution in [0.1, 0.15) is 29.1 Å². The molecule has 64 heavy (non-hydrogen) atoms. The number of nitrogens with zero attached hydrogens (tertiary/aromatic N) is 2. The van der Waals surface area contributed by atoms with Gasteiger partial charge in [0.1, 0.15) is 0 Å². The third kappa shape index (κ3) is 5.38. The third-order valence-electron chi connectivity index (χ3n) is 13.2. The largest absolute Gasteiger partial charge is 0.310 e. The summed E-state index contributed by atoms with van der Waals surface area (Å²) in [5.41, 5.74) is 15.1. The van der Waals surface area contributed by atoms with Gasteiger partial charge >= 0.3 is 0 Å². The van der Waals surface area contributed by atoms with E-state index in [2.05, 4.69) is 181 Å². The van der Waals surface area contributed by atoms with Crippen molar-refractivity contribution in [2.75, 3.05) is 9.80 Å². The van der Waals surface area contributed by atoms with Gasteiger partial charge in [-0.2, -0.15) is 0 Å². The molecular formula is C61H40N2S. The maximum Gasteiger partial charge on any atom is 0.0727 e. The molecule has 0 saturated heterocycles. The van der Waals surface area contributed by atoms with Crippen molar-refractivity contribution >= 4 is 65.6 Å². The molecule has 0 fully saturated rings. The lowest BCUT2D eigenvalue weighted by molar-refractivity contribution is 0.793. The van der Waals surface area contributed by atoms with Crippen molar-refractivity contribution in [1.29, 1.82) is 0 Å². The van der Waals surface area contributed by atoms with E-state index in [4.69, 9.17) is 4.11 Å². The molecule has 0 saturated carbocycles. The first-order valence-electron chi connectivity index (χ1n) is 24.1. The number of hydrogen-bond donors (Lipinski definition) is 0. The van der Waals surface area contributed by atoms with E-state index in [9.17, 15) is 2.74 Å². The minimum absolute atomic E-state index is 0.0920. The summed E-state index contributed by atoms with van der Waals surface area (Å²) < 4.78 is 46.8. The van der Waals surface area contributed by atoms with Gasteiger partial charge in [-0.3, -0.25) is 0 Å². The summed E-state index contributed by atoms with van der Waals surface area (Å²) >= 11 is 1.82. The van der Waals surface area contributed by atoms with Crippen LogP contribution in [0.15, 0.2) is 243 Å². The Labute approximate surface area is 384 Å². The lowest BCUT2D eigenvalue weighted by Gasteiger charge is -2.33. The molecule has 1 heterocycles. The zero-order valence-corrected chi connectivity index (χ0v) is 35.3. The minimum atomic E-state index is -0.791. The molecule has 2 aliphatic rings. The highest BCUT2D eigenvalue weighted by atomic mass is 32.1. The number of benzene rings is 10. The Kier molecular flexibility index (Phi) is 7.23. The first kappa shape index (κ1) is 31.8. The molecule has 0 radical (unpaired) electrons. The lowest BCUT2D eigenvalue weighted by Crippen LogP contribution is -2.26. The molecule has 0 bridgehead atoms. The van der Waals surface area contributed by atoms with Gasteiger partial charge in [0, 0.05) is 43.8 Å². The lowest BCUT2D eigenvalue weighted by atomic mass is 9.70. The van der Waals surface area contributed by atoms with Crippen LogP contribution in [0.4, 0.5) is 34.1 Å². The Morgan fingerprint density at radius 1 is 0.359 bits per heavy atom. The summed E-state index contributed by atoms with van der Waals surface area (Å²) in [5.74, 6) is 0. The third-order valence-corrected chi connectivity index (χ3v) is 14.4. The van der Waals surface area contributed by atoms with Crippen LogP contribution in [-0.2, 0) is 5.41 Å². The van der Waals surface area contributed by atoms with E-state index in [0.717, 1.165) is 72.7 Å². The molecule has 1 spiro atoms. The number of para-hydroxylation sites is 3. The summed E-state index contributed by atoms with van der Waals surface area (Å²) in [7, 11) is 0. The summed E-state index contributed by atoms with van der Waals surface area (Å²) in [6.45, 7) is 0. The highest BCUT2D eigenvalue weighted by Gasteiger charge is 2.52. The number of anilines is 6. The number of hydrogen-bond acceptors (Lipinski definition) is 3. The molecule has 13 rings (SSSR count). The number of rotatable bonds is 7. The molecule has 300 valence electrons. The summed E-state index contributed by atoms with van der Waals surface area (Å²) in [5, 5.41) is 2.45. The SMILES string of the molecule is [2H]c1c([2H])c([2H])c(N(c2ccccc2)c2ccc3c(c2)C2(c4ccccc4-3)c3ccccc3-c3ccc(N(c4ccccc4-c4ccccc4)c4cccc5c4sc4ccccc45)cc32)c([2H])c1[2H]. The van der Waals surface area contributed by atoms with Gasteiger partial charge in [-0.15, -0.1) is 11.3 Å². The zero-order chi connectivity index (χ0) is 46.5. The molecule has 3 heteroatoms. The van der Waals surface area contributed by atoms with Gasteiger partial charge in [0.2, 0.25) is 0 Å². The first-order chi connectivity index (χ1) is 33.8. The monoisotopic (exact) mass is 837 g/mol. The first-order valence-corrected chi connectivity index (χ1v) is 22.4. The van der Waals surface area contributed by atoms with E-state index in [1.807, 2.05) is 52.6 Å². The van der Waals surface area contributed by atoms with Crippen LogP contribution in [0, 0.1) is 0 Å². The molecule has 0 aliphatic heterocycles. The van der Waals surface area contributed by atoms with Crippen molar-refractivity contribution in [3.05, 3.63) is 265 Å². The van der Waals surface area contributed by atoms with Crippen LogP contribution in [-0.4, -0.2) is 0 Å². The van der Waals surface area contributed by atoms with Gasteiger partial charge in [-0.25, -0.2) is 0 Å². The average Bonchev–Trinajstić information content (AvgIpc) is 4.04. The van der Waals surface area contributed by atoms with Crippen molar-refractivity contribution in [2.24, 2.45) is 0 Å². The fourth-order valence-electron chi connectivity index (χ4n) is 10.6. The van der Waals surface area contributed by atoms with Gasteiger partial charge < -0.3 is 9.80 Å². The molecular weight excluding hydrogens is 793 g/mol. The van der Waals surface area contributed by atoms with Crippen molar-refractivity contribution < 1.29 is 6.85 Å². The molecule has 1 atom stereocenters. The van der Waals surface area contributed by atoms with Crippen molar-refractivity contribution in [2.45, 2.75) is 5.41 Å². The fraction of sp³-hybridized carbons (Fsp3) is 0.0164. The fourth-order valence-corrected chi connectivity index (χ4v) is 11.8. The van der Waals surface area contributed by atoms with Crippen molar-refractivity contribution in [3.63, 3.8) is 0 Å². The molecule has 2 nitrogen and oxygen atoms in total. The standard InChI is InChI=1S/C61H40N2S/c1-4-19-41(20-5-1)46-25-12-16-32-57(46)63(58-33-18-29-52-51-28-13-17-34-59(51)64-60(52)58)45-36-38-50-48-27-11-15-31-54(48)61(56(50)40-45)53-30-14-10-26-47(53)49-37-35-44(39-55(49)61)62(42-21-6-2-7-22-42)43-23-8-3-9-24-43/h1-40H/i2D,6D,7D,21D,22D. The van der Waals surface area contributed by atoms with Gasteiger partial charge in [0.05, 0.1) is 28.3 Å². The number of fused-ring (bicyclic) bond motifs is 13. The van der Waals surface area contributed by atoms with Crippen LogP contribution in [0.25, 0.3) is 53.6 Å². The van der Waals surface area contributed by atoms with E-state index in [-0.39, 0.29) is 29.9 Å². The van der Waals surface area contributed by atoms with Crippen LogP contribution < -0.4 is 9.80 Å². The molecule has 0 amide bonds. The normalized spacial score (nSPS) is 15.4. The van der Waals surface area contributed by atoms with Crippen molar-refractivity contribution in [3.8, 4) is 33.4 Å². The van der Waals surface area contributed by atoms with Crippen LogP contribution in [0.3, 0.4) is 0 Å². The van der Waals surface area contributed by atoms with E-state index >= 15 is 0 Å². The Hall–Kier alpha value is -7.98. The summed E-state index contributed by atoms with van der Waals surface area (Å²) in [6.07, 6.45) is 0. The molecule has 11 aromatic rings.